The zero-order valence-corrected chi connectivity index (χ0v) is 9.70. The zero-order chi connectivity index (χ0) is 11.4. The average molecular weight is 229 g/mol. The van der Waals surface area contributed by atoms with Crippen molar-refractivity contribution in [1.29, 1.82) is 0 Å². The third kappa shape index (κ3) is 6.54. The second-order valence-electron chi connectivity index (χ2n) is 4.04. The number of thiol groups is 1. The van der Waals surface area contributed by atoms with E-state index < -0.39 is 12.1 Å². The minimum absolute atomic E-state index is 0.111. The van der Waals surface area contributed by atoms with Gasteiger partial charge in [-0.1, -0.05) is 33.6 Å². The van der Waals surface area contributed by atoms with Gasteiger partial charge in [0, 0.05) is 13.1 Å². The third-order valence-electron chi connectivity index (χ3n) is 1.95. The molecule has 0 aliphatic rings. The number of hydrogen-bond acceptors (Lipinski definition) is 2. The van der Waals surface area contributed by atoms with Crippen molar-refractivity contribution >= 4 is 12.8 Å². The first-order chi connectivity index (χ1) is 6.23. The molecular weight excluding hydrogens is 211 g/mol. The van der Waals surface area contributed by atoms with Crippen LogP contribution in [0.2, 0.25) is 0 Å². The van der Waals surface area contributed by atoms with E-state index in [0.717, 1.165) is 0 Å². The third-order valence-corrected chi connectivity index (χ3v) is 2.32. The maximum atomic E-state index is 12.1. The first-order valence-electron chi connectivity index (χ1n) is 4.74. The maximum Gasteiger partial charge on any atom is 0.391 e. The van der Waals surface area contributed by atoms with Gasteiger partial charge in [0.2, 0.25) is 0 Å². The Morgan fingerprint density at radius 1 is 1.21 bits per heavy atom. The van der Waals surface area contributed by atoms with Crippen molar-refractivity contribution in [2.75, 3.05) is 13.1 Å². The highest BCUT2D eigenvalue weighted by molar-refractivity contribution is 7.77. The van der Waals surface area contributed by atoms with Crippen LogP contribution < -0.4 is 0 Å². The summed E-state index contributed by atoms with van der Waals surface area (Å²) in [5.74, 6) is -0.821. The first-order valence-corrected chi connectivity index (χ1v) is 5.14. The predicted molar refractivity (Wildman–Crippen MR) is 55.2 cm³/mol. The summed E-state index contributed by atoms with van der Waals surface area (Å²) in [5, 5.41) is 0. The lowest BCUT2D eigenvalue weighted by Gasteiger charge is -2.21. The molecular formula is C9H18F3NS. The van der Waals surface area contributed by atoms with E-state index in [2.05, 4.69) is 12.8 Å². The quantitative estimate of drug-likeness (QED) is 0.707. The predicted octanol–water partition coefficient (Wildman–Crippen LogP) is 3.38. The Balaban J connectivity index is 3.72. The molecule has 0 aliphatic carbocycles. The van der Waals surface area contributed by atoms with E-state index in [0.29, 0.717) is 19.0 Å². The molecule has 0 aliphatic heterocycles. The van der Waals surface area contributed by atoms with Gasteiger partial charge in [0.1, 0.15) is 0 Å². The number of alkyl halides is 3. The molecule has 1 unspecified atom stereocenters. The van der Waals surface area contributed by atoms with Crippen LogP contribution in [0.5, 0.6) is 0 Å². The Morgan fingerprint density at radius 2 is 1.71 bits per heavy atom. The van der Waals surface area contributed by atoms with Crippen LogP contribution >= 0.6 is 12.8 Å². The Bertz CT molecular complexity index is 159. The Morgan fingerprint density at radius 3 is 2.07 bits per heavy atom. The second-order valence-corrected chi connectivity index (χ2v) is 4.60. The molecule has 0 aromatic rings. The van der Waals surface area contributed by atoms with E-state index in [9.17, 15) is 13.2 Å². The summed E-state index contributed by atoms with van der Waals surface area (Å²) in [6.45, 7) is 6.32. The first kappa shape index (κ1) is 14.1. The molecule has 0 saturated carbocycles. The van der Waals surface area contributed by atoms with Gasteiger partial charge < -0.3 is 0 Å². The van der Waals surface area contributed by atoms with Crippen molar-refractivity contribution in [3.8, 4) is 0 Å². The largest absolute Gasteiger partial charge is 0.391 e. The Labute approximate surface area is 89.2 Å². The minimum atomic E-state index is -4.08. The molecule has 86 valence electrons. The Kier molecular flexibility index (Phi) is 5.90. The summed E-state index contributed by atoms with van der Waals surface area (Å²) >= 11 is 4.11. The van der Waals surface area contributed by atoms with Crippen molar-refractivity contribution in [1.82, 2.24) is 4.31 Å². The van der Waals surface area contributed by atoms with Gasteiger partial charge in [-0.15, -0.1) is 0 Å². The zero-order valence-electron chi connectivity index (χ0n) is 8.80. The smallest absolute Gasteiger partial charge is 0.253 e. The van der Waals surface area contributed by atoms with E-state index in [1.165, 1.54) is 6.92 Å². The van der Waals surface area contributed by atoms with E-state index in [-0.39, 0.29) is 6.42 Å². The fraction of sp³-hybridized carbons (Fsp3) is 1.00. The van der Waals surface area contributed by atoms with Crippen LogP contribution in [-0.2, 0) is 0 Å². The number of rotatable bonds is 5. The fourth-order valence-corrected chi connectivity index (χ4v) is 1.46. The highest BCUT2D eigenvalue weighted by Gasteiger charge is 2.35. The van der Waals surface area contributed by atoms with Crippen molar-refractivity contribution < 1.29 is 13.2 Å². The maximum absolute atomic E-state index is 12.1. The van der Waals surface area contributed by atoms with Crippen LogP contribution in [0.15, 0.2) is 0 Å². The van der Waals surface area contributed by atoms with Gasteiger partial charge in [0.05, 0.1) is 5.92 Å². The lowest BCUT2D eigenvalue weighted by molar-refractivity contribution is -0.171. The van der Waals surface area contributed by atoms with Crippen molar-refractivity contribution in [3.05, 3.63) is 0 Å². The topological polar surface area (TPSA) is 3.24 Å². The van der Waals surface area contributed by atoms with E-state index in [4.69, 9.17) is 0 Å². The van der Waals surface area contributed by atoms with Gasteiger partial charge >= 0.3 is 6.18 Å². The van der Waals surface area contributed by atoms with E-state index >= 15 is 0 Å². The van der Waals surface area contributed by atoms with Crippen LogP contribution in [0.1, 0.15) is 27.2 Å². The summed E-state index contributed by atoms with van der Waals surface area (Å²) < 4.78 is 38.0. The van der Waals surface area contributed by atoms with Gasteiger partial charge in [0.15, 0.2) is 0 Å². The normalized spacial score (nSPS) is 15.2. The molecule has 0 bridgehead atoms. The lowest BCUT2D eigenvalue weighted by Crippen LogP contribution is -2.26. The summed E-state index contributed by atoms with van der Waals surface area (Å²) in [4.78, 5) is 0. The van der Waals surface area contributed by atoms with E-state index in [1.54, 1.807) is 4.31 Å². The lowest BCUT2D eigenvalue weighted by atomic mass is 10.1. The van der Waals surface area contributed by atoms with Crippen molar-refractivity contribution in [2.45, 2.75) is 33.4 Å². The number of nitrogens with zero attached hydrogens (tertiary/aromatic N) is 1. The van der Waals surface area contributed by atoms with Crippen LogP contribution in [-0.4, -0.2) is 23.6 Å². The SMILES string of the molecule is CC(C)CN(S)CCC(C)C(F)(F)F. The molecule has 0 aromatic heterocycles. The van der Waals surface area contributed by atoms with Crippen molar-refractivity contribution in [2.24, 2.45) is 11.8 Å². The molecule has 0 radical (unpaired) electrons. The molecule has 5 heteroatoms. The van der Waals surface area contributed by atoms with Crippen molar-refractivity contribution in [3.63, 3.8) is 0 Å². The van der Waals surface area contributed by atoms with Crippen LogP contribution in [0.25, 0.3) is 0 Å². The monoisotopic (exact) mass is 229 g/mol. The molecule has 0 N–H and O–H groups in total. The van der Waals surface area contributed by atoms with Gasteiger partial charge in [-0.3, -0.25) is 4.31 Å². The van der Waals surface area contributed by atoms with Gasteiger partial charge in [-0.05, 0) is 12.3 Å². The summed E-state index contributed by atoms with van der Waals surface area (Å²) in [6, 6.07) is 0. The minimum Gasteiger partial charge on any atom is -0.253 e. The number of hydrogen-bond donors (Lipinski definition) is 1. The summed E-state index contributed by atoms with van der Waals surface area (Å²) in [6.07, 6.45) is -3.97. The Hall–Kier alpha value is 0.100. The summed E-state index contributed by atoms with van der Waals surface area (Å²) in [5.41, 5.74) is 0. The molecule has 1 atom stereocenters. The highest BCUT2D eigenvalue weighted by Crippen LogP contribution is 2.28. The molecule has 0 spiro atoms. The molecule has 0 amide bonds. The highest BCUT2D eigenvalue weighted by atomic mass is 32.1. The van der Waals surface area contributed by atoms with Crippen LogP contribution in [0.3, 0.4) is 0 Å². The molecule has 0 heterocycles. The number of halogens is 3. The molecule has 14 heavy (non-hydrogen) atoms. The molecule has 0 saturated heterocycles. The molecule has 1 nitrogen and oxygen atoms in total. The van der Waals surface area contributed by atoms with Gasteiger partial charge in [0.25, 0.3) is 0 Å². The standard InChI is InChI=1S/C9H18F3NS/c1-7(2)6-13(14)5-4-8(3)9(10,11)12/h7-8,14H,4-6H2,1-3H3. The fourth-order valence-electron chi connectivity index (χ4n) is 1.02. The molecule has 0 rings (SSSR count). The molecule has 0 fully saturated rings. The average Bonchev–Trinajstić information content (AvgIpc) is 1.96. The van der Waals surface area contributed by atoms with E-state index in [1.807, 2.05) is 13.8 Å². The van der Waals surface area contributed by atoms with Crippen LogP contribution in [0, 0.1) is 11.8 Å². The van der Waals surface area contributed by atoms with Gasteiger partial charge in [-0.25, -0.2) is 0 Å². The summed E-state index contributed by atoms with van der Waals surface area (Å²) in [7, 11) is 0. The second kappa shape index (κ2) is 5.85. The van der Waals surface area contributed by atoms with Crippen LogP contribution in [0.4, 0.5) is 13.2 Å². The molecule has 0 aromatic carbocycles. The van der Waals surface area contributed by atoms with Gasteiger partial charge in [-0.2, -0.15) is 13.2 Å².